The van der Waals surface area contributed by atoms with Crippen LogP contribution in [-0.2, 0) is 9.59 Å². The minimum atomic E-state index is -0.894. The largest absolute Gasteiger partial charge is 0.480 e. The summed E-state index contributed by atoms with van der Waals surface area (Å²) in [6.07, 6.45) is 1.49. The van der Waals surface area contributed by atoms with Crippen molar-refractivity contribution in [3.63, 3.8) is 0 Å². The summed E-state index contributed by atoms with van der Waals surface area (Å²) in [5, 5.41) is 18.0. The lowest BCUT2D eigenvalue weighted by molar-refractivity contribution is -0.139. The number of aliphatic carboxylic acids is 1. The number of aryl methyl sites for hydroxylation is 1. The van der Waals surface area contributed by atoms with Crippen LogP contribution in [0.4, 0.5) is 5.82 Å². The van der Waals surface area contributed by atoms with Crippen LogP contribution in [-0.4, -0.2) is 34.7 Å². The molecule has 0 aliphatic rings. The minimum absolute atomic E-state index is 0.180. The quantitative estimate of drug-likeness (QED) is 0.654. The lowest BCUT2D eigenvalue weighted by atomic mass is 10.1. The van der Waals surface area contributed by atoms with Gasteiger partial charge in [0.1, 0.15) is 11.8 Å². The molecule has 0 unspecified atom stereocenters. The molecule has 19 heavy (non-hydrogen) atoms. The van der Waals surface area contributed by atoms with Crippen LogP contribution in [0.2, 0.25) is 0 Å². The average molecular weight is 269 g/mol. The zero-order chi connectivity index (χ0) is 14.3. The number of carboxylic acid groups (broad SMARTS) is 1. The molecule has 0 radical (unpaired) electrons. The third kappa shape index (κ3) is 5.52. The van der Waals surface area contributed by atoms with Crippen molar-refractivity contribution >= 4 is 17.7 Å². The van der Waals surface area contributed by atoms with Crippen molar-refractivity contribution in [1.29, 1.82) is 0 Å². The number of nitrogens with zero attached hydrogens (tertiary/aromatic N) is 1. The first-order valence-corrected chi connectivity index (χ1v) is 6.22. The highest BCUT2D eigenvalue weighted by atomic mass is 16.5. The van der Waals surface area contributed by atoms with E-state index in [1.165, 1.54) is 0 Å². The number of hydrogen-bond acceptors (Lipinski definition) is 5. The number of carbonyl (C=O) groups excluding carboxylic acids is 1. The van der Waals surface area contributed by atoms with Crippen LogP contribution in [0.1, 0.15) is 31.9 Å². The van der Waals surface area contributed by atoms with E-state index in [0.29, 0.717) is 24.5 Å². The molecule has 1 atom stereocenters. The Morgan fingerprint density at radius 2 is 2.26 bits per heavy atom. The highest BCUT2D eigenvalue weighted by Gasteiger charge is 2.15. The van der Waals surface area contributed by atoms with Crippen LogP contribution in [0, 0.1) is 6.92 Å². The molecule has 1 aromatic heterocycles. The van der Waals surface area contributed by atoms with Gasteiger partial charge in [-0.05, 0) is 13.3 Å². The van der Waals surface area contributed by atoms with Gasteiger partial charge in [-0.25, -0.2) is 0 Å². The van der Waals surface area contributed by atoms with Gasteiger partial charge in [-0.15, -0.1) is 0 Å². The molecule has 0 saturated heterocycles. The second kappa shape index (κ2) is 7.52. The number of carbonyl (C=O) groups is 2. The molecular weight excluding hydrogens is 250 g/mol. The van der Waals surface area contributed by atoms with Crippen LogP contribution in [0.25, 0.3) is 0 Å². The molecule has 1 rings (SSSR count). The van der Waals surface area contributed by atoms with Crippen molar-refractivity contribution in [2.45, 2.75) is 39.2 Å². The second-order valence-corrected chi connectivity index (χ2v) is 4.25. The van der Waals surface area contributed by atoms with Crippen molar-refractivity contribution in [3.8, 4) is 0 Å². The number of anilines is 1. The normalized spacial score (nSPS) is 12.1. The highest BCUT2D eigenvalue weighted by molar-refractivity contribution is 5.89. The molecule has 106 valence electrons. The predicted molar refractivity (Wildman–Crippen MR) is 68.8 cm³/mol. The van der Waals surface area contributed by atoms with Crippen molar-refractivity contribution in [2.75, 3.05) is 11.9 Å². The number of carboxylic acids is 1. The fourth-order valence-corrected chi connectivity index (χ4v) is 1.59. The number of hydrogen-bond donors (Lipinski definition) is 3. The van der Waals surface area contributed by atoms with Crippen molar-refractivity contribution in [2.24, 2.45) is 0 Å². The molecule has 0 spiro atoms. The first-order chi connectivity index (χ1) is 9.02. The first-order valence-electron chi connectivity index (χ1n) is 6.22. The first kappa shape index (κ1) is 15.2. The van der Waals surface area contributed by atoms with Gasteiger partial charge in [-0.2, -0.15) is 0 Å². The van der Waals surface area contributed by atoms with E-state index in [-0.39, 0.29) is 12.3 Å². The van der Waals surface area contributed by atoms with Crippen molar-refractivity contribution < 1.29 is 19.2 Å². The Bertz CT molecular complexity index is 430. The fourth-order valence-electron chi connectivity index (χ4n) is 1.59. The predicted octanol–water partition coefficient (Wildman–Crippen LogP) is 1.15. The van der Waals surface area contributed by atoms with E-state index in [9.17, 15) is 9.59 Å². The SMILES string of the molecule is CCC[C@@H](NCCC(=O)Nc1cc(C)on1)C(=O)O. The Balaban J connectivity index is 2.28. The zero-order valence-electron chi connectivity index (χ0n) is 11.1. The summed E-state index contributed by atoms with van der Waals surface area (Å²) in [5.74, 6) is -0.149. The lowest BCUT2D eigenvalue weighted by Gasteiger charge is -2.12. The van der Waals surface area contributed by atoms with E-state index in [1.54, 1.807) is 13.0 Å². The summed E-state index contributed by atoms with van der Waals surface area (Å²) in [7, 11) is 0. The van der Waals surface area contributed by atoms with Gasteiger partial charge in [-0.1, -0.05) is 18.5 Å². The van der Waals surface area contributed by atoms with Gasteiger partial charge in [0.25, 0.3) is 0 Å². The van der Waals surface area contributed by atoms with Gasteiger partial charge < -0.3 is 20.3 Å². The van der Waals surface area contributed by atoms with E-state index in [4.69, 9.17) is 9.63 Å². The fraction of sp³-hybridized carbons (Fsp3) is 0.583. The van der Waals surface area contributed by atoms with Crippen LogP contribution >= 0.6 is 0 Å². The average Bonchev–Trinajstić information content (AvgIpc) is 2.73. The number of aromatic nitrogens is 1. The van der Waals surface area contributed by atoms with E-state index in [2.05, 4.69) is 15.8 Å². The van der Waals surface area contributed by atoms with Gasteiger partial charge in [0.05, 0.1) is 0 Å². The van der Waals surface area contributed by atoms with E-state index in [1.807, 2.05) is 6.92 Å². The summed E-state index contributed by atoms with van der Waals surface area (Å²) in [6.45, 7) is 3.95. The van der Waals surface area contributed by atoms with Crippen molar-refractivity contribution in [1.82, 2.24) is 10.5 Å². The summed E-state index contributed by atoms with van der Waals surface area (Å²) in [6, 6.07) is 1.01. The Morgan fingerprint density at radius 3 is 2.79 bits per heavy atom. The molecule has 0 aliphatic carbocycles. The minimum Gasteiger partial charge on any atom is -0.480 e. The van der Waals surface area contributed by atoms with E-state index >= 15 is 0 Å². The van der Waals surface area contributed by atoms with Gasteiger partial charge in [0.2, 0.25) is 5.91 Å². The molecule has 1 aromatic rings. The molecule has 0 bridgehead atoms. The van der Waals surface area contributed by atoms with E-state index < -0.39 is 12.0 Å². The zero-order valence-corrected chi connectivity index (χ0v) is 11.1. The van der Waals surface area contributed by atoms with Gasteiger partial charge in [0.15, 0.2) is 5.82 Å². The van der Waals surface area contributed by atoms with Crippen LogP contribution < -0.4 is 10.6 Å². The van der Waals surface area contributed by atoms with Crippen LogP contribution in [0.15, 0.2) is 10.6 Å². The maximum Gasteiger partial charge on any atom is 0.320 e. The molecule has 0 aliphatic heterocycles. The topological polar surface area (TPSA) is 104 Å². The Kier molecular flexibility index (Phi) is 6.01. The molecule has 0 fully saturated rings. The van der Waals surface area contributed by atoms with Crippen LogP contribution in [0.5, 0.6) is 0 Å². The third-order valence-corrected chi connectivity index (χ3v) is 2.51. The Morgan fingerprint density at radius 1 is 1.53 bits per heavy atom. The molecule has 0 saturated carbocycles. The lowest BCUT2D eigenvalue weighted by Crippen LogP contribution is -2.38. The van der Waals surface area contributed by atoms with Gasteiger partial charge in [0, 0.05) is 19.0 Å². The van der Waals surface area contributed by atoms with Crippen LogP contribution in [0.3, 0.4) is 0 Å². The summed E-state index contributed by atoms with van der Waals surface area (Å²) in [5.41, 5.74) is 0. The summed E-state index contributed by atoms with van der Waals surface area (Å²) < 4.78 is 4.81. The number of rotatable bonds is 8. The maximum atomic E-state index is 11.6. The Hall–Kier alpha value is -1.89. The smallest absolute Gasteiger partial charge is 0.320 e. The number of nitrogens with one attached hydrogen (secondary N) is 2. The maximum absolute atomic E-state index is 11.6. The third-order valence-electron chi connectivity index (χ3n) is 2.51. The Labute approximate surface area is 111 Å². The second-order valence-electron chi connectivity index (χ2n) is 4.25. The molecule has 7 nitrogen and oxygen atoms in total. The van der Waals surface area contributed by atoms with E-state index in [0.717, 1.165) is 6.42 Å². The number of amides is 1. The van der Waals surface area contributed by atoms with Gasteiger partial charge in [-0.3, -0.25) is 9.59 Å². The monoisotopic (exact) mass is 269 g/mol. The molecule has 1 amide bonds. The molecule has 0 aromatic carbocycles. The molecule has 1 heterocycles. The molecule has 3 N–H and O–H groups in total. The summed E-state index contributed by atoms with van der Waals surface area (Å²) >= 11 is 0. The van der Waals surface area contributed by atoms with Crippen molar-refractivity contribution in [3.05, 3.63) is 11.8 Å². The molecular formula is C12H19N3O4. The standard InChI is InChI=1S/C12H19N3O4/c1-3-4-9(12(17)18)13-6-5-11(16)14-10-7-8(2)19-15-10/h7,9,13H,3-6H2,1-2H3,(H,17,18)(H,14,15,16)/t9-/m1/s1. The summed E-state index contributed by atoms with van der Waals surface area (Å²) in [4.78, 5) is 22.4. The van der Waals surface area contributed by atoms with Gasteiger partial charge >= 0.3 is 5.97 Å². The molecule has 7 heteroatoms. The highest BCUT2D eigenvalue weighted by Crippen LogP contribution is 2.07.